The molecule has 3 aromatic rings. The number of carbonyl (C=O) groups excluding carboxylic acids is 2. The van der Waals surface area contributed by atoms with Crippen molar-refractivity contribution < 1.29 is 27.1 Å². The fourth-order valence-corrected chi connectivity index (χ4v) is 3.57. The minimum absolute atomic E-state index is 0.00105. The van der Waals surface area contributed by atoms with Crippen molar-refractivity contribution in [2.45, 2.75) is 11.8 Å². The van der Waals surface area contributed by atoms with Gasteiger partial charge in [0.2, 0.25) is 10.0 Å². The molecule has 0 aliphatic carbocycles. The fourth-order valence-electron chi connectivity index (χ4n) is 2.97. The van der Waals surface area contributed by atoms with Crippen LogP contribution in [0.25, 0.3) is 0 Å². The van der Waals surface area contributed by atoms with Gasteiger partial charge in [-0.1, -0.05) is 12.1 Å². The van der Waals surface area contributed by atoms with Crippen LogP contribution in [-0.2, 0) is 14.8 Å². The van der Waals surface area contributed by atoms with E-state index in [9.17, 15) is 22.4 Å². The van der Waals surface area contributed by atoms with Crippen LogP contribution in [0, 0.1) is 24.1 Å². The van der Waals surface area contributed by atoms with E-state index < -0.39 is 34.1 Å². The first kappa shape index (κ1) is 23.6. The molecule has 0 atom stereocenters. The minimum Gasteiger partial charge on any atom is -0.483 e. The predicted octanol–water partition coefficient (Wildman–Crippen LogP) is 2.90. The third kappa shape index (κ3) is 5.79. The van der Waals surface area contributed by atoms with Crippen LogP contribution in [0.4, 0.5) is 10.1 Å². The number of nitrogens with one attached hydrogen (secondary N) is 1. The number of nitrogens with zero attached hydrogens (tertiary/aromatic N) is 1. The van der Waals surface area contributed by atoms with E-state index in [1.165, 1.54) is 54.6 Å². The Balaban J connectivity index is 1.78. The maximum absolute atomic E-state index is 13.5. The van der Waals surface area contributed by atoms with Gasteiger partial charge in [-0.2, -0.15) is 5.26 Å². The van der Waals surface area contributed by atoms with E-state index in [2.05, 4.69) is 5.32 Å². The molecule has 0 aromatic heterocycles. The van der Waals surface area contributed by atoms with Crippen molar-refractivity contribution in [1.82, 2.24) is 0 Å². The minimum atomic E-state index is -3.88. The van der Waals surface area contributed by atoms with Crippen LogP contribution in [0.15, 0.2) is 65.6 Å². The van der Waals surface area contributed by atoms with E-state index in [-0.39, 0.29) is 27.3 Å². The normalized spacial score (nSPS) is 10.8. The van der Waals surface area contributed by atoms with Gasteiger partial charge in [-0.15, -0.1) is 0 Å². The van der Waals surface area contributed by atoms with Crippen LogP contribution in [0.2, 0.25) is 0 Å². The predicted molar refractivity (Wildman–Crippen MR) is 118 cm³/mol. The summed E-state index contributed by atoms with van der Waals surface area (Å²) in [5, 5.41) is 16.8. The molecule has 33 heavy (non-hydrogen) atoms. The first-order chi connectivity index (χ1) is 15.6. The zero-order valence-electron chi connectivity index (χ0n) is 17.3. The number of primary sulfonamides is 1. The Morgan fingerprint density at radius 3 is 2.52 bits per heavy atom. The smallest absolute Gasteiger partial charge is 0.262 e. The standard InChI is InChI=1S/C23H18FN3O5S/c1-14-9-18(33(26,30)31)6-7-20(14)27-22(28)13-32-21-8-5-15(12-25)10-19(21)23(29)16-3-2-4-17(24)11-16/h2-11H,13H2,1H3,(H,27,28)(H2,26,30,31). The number of rotatable bonds is 7. The summed E-state index contributed by atoms with van der Waals surface area (Å²) in [5.41, 5.74) is 1.07. The van der Waals surface area contributed by atoms with Gasteiger partial charge >= 0.3 is 0 Å². The average Bonchev–Trinajstić information content (AvgIpc) is 2.77. The van der Waals surface area contributed by atoms with Gasteiger partial charge in [0.05, 0.1) is 22.1 Å². The molecule has 0 radical (unpaired) electrons. The van der Waals surface area contributed by atoms with Gasteiger partial charge in [-0.05, 0) is 61.0 Å². The average molecular weight is 467 g/mol. The summed E-state index contributed by atoms with van der Waals surface area (Å²) in [5.74, 6) is -1.70. The van der Waals surface area contributed by atoms with Crippen molar-refractivity contribution in [2.75, 3.05) is 11.9 Å². The molecule has 8 nitrogen and oxygen atoms in total. The lowest BCUT2D eigenvalue weighted by Gasteiger charge is -2.13. The topological polar surface area (TPSA) is 139 Å². The van der Waals surface area contributed by atoms with Crippen LogP contribution >= 0.6 is 0 Å². The van der Waals surface area contributed by atoms with Crippen molar-refractivity contribution in [3.05, 3.63) is 88.7 Å². The van der Waals surface area contributed by atoms with Gasteiger partial charge in [0.25, 0.3) is 5.91 Å². The highest BCUT2D eigenvalue weighted by Crippen LogP contribution is 2.24. The second-order valence-corrected chi connectivity index (χ2v) is 8.58. The number of ketones is 1. The van der Waals surface area contributed by atoms with Crippen LogP contribution in [0.1, 0.15) is 27.0 Å². The van der Waals surface area contributed by atoms with Crippen LogP contribution in [-0.4, -0.2) is 26.7 Å². The lowest BCUT2D eigenvalue weighted by molar-refractivity contribution is -0.118. The highest BCUT2D eigenvalue weighted by Gasteiger charge is 2.18. The number of sulfonamides is 1. The number of halogens is 1. The first-order valence-corrected chi connectivity index (χ1v) is 11.0. The molecule has 0 aliphatic heterocycles. The molecule has 3 N–H and O–H groups in total. The number of nitrogens with two attached hydrogens (primary N) is 1. The summed E-state index contributed by atoms with van der Waals surface area (Å²) in [7, 11) is -3.88. The van der Waals surface area contributed by atoms with Crippen LogP contribution in [0.3, 0.4) is 0 Å². The highest BCUT2D eigenvalue weighted by molar-refractivity contribution is 7.89. The van der Waals surface area contributed by atoms with Crippen molar-refractivity contribution in [3.63, 3.8) is 0 Å². The van der Waals surface area contributed by atoms with E-state index >= 15 is 0 Å². The number of hydrogen-bond donors (Lipinski definition) is 2. The summed E-state index contributed by atoms with van der Waals surface area (Å²) in [4.78, 5) is 25.1. The molecule has 0 aliphatic rings. The van der Waals surface area contributed by atoms with E-state index in [1.807, 2.05) is 6.07 Å². The molecule has 0 saturated heterocycles. The van der Waals surface area contributed by atoms with Crippen molar-refractivity contribution in [3.8, 4) is 11.8 Å². The largest absolute Gasteiger partial charge is 0.483 e. The number of anilines is 1. The monoisotopic (exact) mass is 467 g/mol. The SMILES string of the molecule is Cc1cc(S(N)(=O)=O)ccc1NC(=O)COc1ccc(C#N)cc1C(=O)c1cccc(F)c1. The van der Waals surface area contributed by atoms with Crippen molar-refractivity contribution >= 4 is 27.4 Å². The van der Waals surface area contributed by atoms with E-state index in [1.54, 1.807) is 6.92 Å². The van der Waals surface area contributed by atoms with Crippen LogP contribution in [0.5, 0.6) is 5.75 Å². The van der Waals surface area contributed by atoms with Gasteiger partial charge in [0.1, 0.15) is 11.6 Å². The summed E-state index contributed by atoms with van der Waals surface area (Å²) in [6.07, 6.45) is 0. The van der Waals surface area contributed by atoms with Crippen molar-refractivity contribution in [2.24, 2.45) is 5.14 Å². The summed E-state index contributed by atoms with van der Waals surface area (Å²) >= 11 is 0. The molecule has 3 rings (SSSR count). The fraction of sp³-hybridized carbons (Fsp3) is 0.0870. The van der Waals surface area contributed by atoms with E-state index in [0.29, 0.717) is 11.3 Å². The molecular formula is C23H18FN3O5S. The summed E-state index contributed by atoms with van der Waals surface area (Å²) < 4.78 is 41.9. The van der Waals surface area contributed by atoms with E-state index in [0.717, 1.165) is 6.07 Å². The molecule has 168 valence electrons. The molecule has 10 heteroatoms. The molecule has 1 amide bonds. The number of nitriles is 1. The number of amides is 1. The summed E-state index contributed by atoms with van der Waals surface area (Å²) in [6.45, 7) is 1.12. The van der Waals surface area contributed by atoms with Gasteiger partial charge in [-0.25, -0.2) is 17.9 Å². The summed E-state index contributed by atoms with van der Waals surface area (Å²) in [6, 6.07) is 15.1. The molecule has 0 unspecified atom stereocenters. The first-order valence-electron chi connectivity index (χ1n) is 9.49. The Bertz CT molecular complexity index is 1400. The second-order valence-electron chi connectivity index (χ2n) is 7.02. The Kier molecular flexibility index (Phi) is 6.86. The van der Waals surface area contributed by atoms with Gasteiger partial charge < -0.3 is 10.1 Å². The molecule has 0 heterocycles. The van der Waals surface area contributed by atoms with Gasteiger partial charge in [0, 0.05) is 11.3 Å². The Hall–Kier alpha value is -4.07. The van der Waals surface area contributed by atoms with Crippen LogP contribution < -0.4 is 15.2 Å². The Labute approximate surface area is 189 Å². The zero-order valence-corrected chi connectivity index (χ0v) is 18.1. The van der Waals surface area contributed by atoms with Gasteiger partial charge in [0.15, 0.2) is 12.4 Å². The molecule has 0 fully saturated rings. The highest BCUT2D eigenvalue weighted by atomic mass is 32.2. The van der Waals surface area contributed by atoms with E-state index in [4.69, 9.17) is 15.1 Å². The molecule has 0 bridgehead atoms. The number of benzene rings is 3. The van der Waals surface area contributed by atoms with Crippen molar-refractivity contribution in [1.29, 1.82) is 5.26 Å². The quantitative estimate of drug-likeness (QED) is 0.512. The number of carbonyl (C=O) groups is 2. The molecule has 0 saturated carbocycles. The molecule has 3 aromatic carbocycles. The maximum Gasteiger partial charge on any atom is 0.262 e. The Morgan fingerprint density at radius 2 is 1.88 bits per heavy atom. The number of ether oxygens (including phenoxy) is 1. The van der Waals surface area contributed by atoms with Gasteiger partial charge in [-0.3, -0.25) is 9.59 Å². The molecular weight excluding hydrogens is 449 g/mol. The third-order valence-electron chi connectivity index (χ3n) is 4.60. The lowest BCUT2D eigenvalue weighted by Crippen LogP contribution is -2.21. The maximum atomic E-state index is 13.5. The zero-order chi connectivity index (χ0) is 24.2. The number of aryl methyl sites for hydroxylation is 1. The third-order valence-corrected chi connectivity index (χ3v) is 5.51. The Morgan fingerprint density at radius 1 is 1.12 bits per heavy atom. The number of hydrogen-bond acceptors (Lipinski definition) is 6. The molecule has 0 spiro atoms. The lowest BCUT2D eigenvalue weighted by atomic mass is 10.0. The second kappa shape index (κ2) is 9.60.